The van der Waals surface area contributed by atoms with E-state index < -0.39 is 0 Å². The Kier molecular flexibility index (Phi) is 3.92. The lowest BCUT2D eigenvalue weighted by Crippen LogP contribution is -2.21. The number of aromatic nitrogens is 1. The minimum atomic E-state index is 0.717. The molecule has 2 aliphatic carbocycles. The van der Waals surface area contributed by atoms with Crippen LogP contribution in [0.25, 0.3) is 0 Å². The Balaban J connectivity index is 1.39. The highest BCUT2D eigenvalue weighted by atomic mass is 16.4. The minimum Gasteiger partial charge on any atom is -0.445 e. The molecule has 1 aromatic rings. The lowest BCUT2D eigenvalue weighted by molar-refractivity contribution is 0.431. The maximum atomic E-state index is 5.93. The van der Waals surface area contributed by atoms with Gasteiger partial charge in [-0.2, -0.15) is 0 Å². The van der Waals surface area contributed by atoms with Crippen LogP contribution in [0.1, 0.15) is 57.1 Å². The number of oxazole rings is 1. The number of hydrogen-bond acceptors (Lipinski definition) is 3. The van der Waals surface area contributed by atoms with Gasteiger partial charge in [0.15, 0.2) is 5.89 Å². The third-order valence-electron chi connectivity index (χ3n) is 4.60. The molecule has 3 heteroatoms. The van der Waals surface area contributed by atoms with Crippen LogP contribution in [0.4, 0.5) is 0 Å². The number of nitrogens with one attached hydrogen (secondary N) is 1. The first-order valence-electron chi connectivity index (χ1n) is 7.91. The molecule has 0 radical (unpaired) electrons. The van der Waals surface area contributed by atoms with Gasteiger partial charge in [0.25, 0.3) is 0 Å². The van der Waals surface area contributed by atoms with E-state index in [1.807, 2.05) is 6.20 Å². The Morgan fingerprint density at radius 2 is 2.16 bits per heavy atom. The maximum absolute atomic E-state index is 5.93. The van der Waals surface area contributed by atoms with Crippen LogP contribution in [0.3, 0.4) is 0 Å². The number of rotatable bonds is 7. The third-order valence-corrected chi connectivity index (χ3v) is 4.60. The summed E-state index contributed by atoms with van der Waals surface area (Å²) in [7, 11) is 0. The first kappa shape index (κ1) is 13.2. The second kappa shape index (κ2) is 5.66. The molecule has 0 spiro atoms. The molecule has 0 saturated heterocycles. The molecule has 1 heterocycles. The SMILES string of the molecule is CC(C)CNCCCc1ncc(C2C3CCCC32)o1. The second-order valence-electron chi connectivity index (χ2n) is 6.64. The van der Waals surface area contributed by atoms with Crippen molar-refractivity contribution >= 4 is 0 Å². The largest absolute Gasteiger partial charge is 0.445 e. The molecule has 2 fully saturated rings. The highest BCUT2D eigenvalue weighted by molar-refractivity contribution is 5.19. The topological polar surface area (TPSA) is 38.1 Å². The van der Waals surface area contributed by atoms with Gasteiger partial charge in [0, 0.05) is 12.3 Å². The van der Waals surface area contributed by atoms with Gasteiger partial charge in [-0.1, -0.05) is 20.3 Å². The van der Waals surface area contributed by atoms with E-state index in [2.05, 4.69) is 24.1 Å². The van der Waals surface area contributed by atoms with Gasteiger partial charge in [-0.15, -0.1) is 0 Å². The van der Waals surface area contributed by atoms with Crippen LogP contribution in [0, 0.1) is 17.8 Å². The molecule has 2 saturated carbocycles. The van der Waals surface area contributed by atoms with Gasteiger partial charge in [0.2, 0.25) is 0 Å². The maximum Gasteiger partial charge on any atom is 0.194 e. The fraction of sp³-hybridized carbons (Fsp3) is 0.812. The van der Waals surface area contributed by atoms with E-state index in [9.17, 15) is 0 Å². The molecule has 2 unspecified atom stereocenters. The number of aryl methyl sites for hydroxylation is 1. The van der Waals surface area contributed by atoms with Crippen LogP contribution in [0.15, 0.2) is 10.6 Å². The Hall–Kier alpha value is -0.830. The van der Waals surface area contributed by atoms with Crippen molar-refractivity contribution in [2.24, 2.45) is 17.8 Å². The summed E-state index contributed by atoms with van der Waals surface area (Å²) in [6.45, 7) is 6.63. The molecule has 0 bridgehead atoms. The zero-order valence-corrected chi connectivity index (χ0v) is 12.2. The van der Waals surface area contributed by atoms with Crippen LogP contribution in [-0.4, -0.2) is 18.1 Å². The fourth-order valence-corrected chi connectivity index (χ4v) is 3.59. The quantitative estimate of drug-likeness (QED) is 0.766. The molecule has 3 nitrogen and oxygen atoms in total. The van der Waals surface area contributed by atoms with Crippen molar-refractivity contribution in [2.45, 2.75) is 51.9 Å². The van der Waals surface area contributed by atoms with Crippen LogP contribution in [0.5, 0.6) is 0 Å². The zero-order chi connectivity index (χ0) is 13.2. The first-order chi connectivity index (χ1) is 9.25. The molecule has 19 heavy (non-hydrogen) atoms. The van der Waals surface area contributed by atoms with Gasteiger partial charge in [-0.25, -0.2) is 4.98 Å². The summed E-state index contributed by atoms with van der Waals surface area (Å²) in [5.41, 5.74) is 0. The van der Waals surface area contributed by atoms with E-state index in [0.717, 1.165) is 49.6 Å². The Labute approximate surface area is 116 Å². The summed E-state index contributed by atoms with van der Waals surface area (Å²) in [6.07, 6.45) is 8.31. The smallest absolute Gasteiger partial charge is 0.194 e. The highest BCUT2D eigenvalue weighted by Crippen LogP contribution is 2.63. The zero-order valence-electron chi connectivity index (χ0n) is 12.2. The van der Waals surface area contributed by atoms with Gasteiger partial charge in [-0.3, -0.25) is 0 Å². The Morgan fingerprint density at radius 1 is 1.37 bits per heavy atom. The van der Waals surface area contributed by atoms with E-state index in [4.69, 9.17) is 4.42 Å². The summed E-state index contributed by atoms with van der Waals surface area (Å²) < 4.78 is 5.93. The van der Waals surface area contributed by atoms with E-state index >= 15 is 0 Å². The molecule has 106 valence electrons. The second-order valence-corrected chi connectivity index (χ2v) is 6.64. The average Bonchev–Trinajstić information content (AvgIpc) is 2.81. The van der Waals surface area contributed by atoms with Gasteiger partial charge in [0.05, 0.1) is 6.20 Å². The summed E-state index contributed by atoms with van der Waals surface area (Å²) in [5, 5.41) is 3.46. The summed E-state index contributed by atoms with van der Waals surface area (Å²) in [6, 6.07) is 0. The minimum absolute atomic E-state index is 0.717. The summed E-state index contributed by atoms with van der Waals surface area (Å²) >= 11 is 0. The summed E-state index contributed by atoms with van der Waals surface area (Å²) in [5.74, 6) is 5.39. The molecular weight excluding hydrogens is 236 g/mol. The number of fused-ring (bicyclic) bond motifs is 1. The predicted octanol–water partition coefficient (Wildman–Crippen LogP) is 3.37. The van der Waals surface area contributed by atoms with E-state index in [-0.39, 0.29) is 0 Å². The van der Waals surface area contributed by atoms with Crippen LogP contribution >= 0.6 is 0 Å². The molecule has 1 aromatic heterocycles. The van der Waals surface area contributed by atoms with Crippen LogP contribution in [0.2, 0.25) is 0 Å². The Morgan fingerprint density at radius 3 is 2.89 bits per heavy atom. The molecule has 3 rings (SSSR count). The van der Waals surface area contributed by atoms with Gasteiger partial charge in [0.1, 0.15) is 5.76 Å². The molecule has 2 atom stereocenters. The van der Waals surface area contributed by atoms with Crippen molar-refractivity contribution in [1.29, 1.82) is 0 Å². The van der Waals surface area contributed by atoms with E-state index in [1.165, 1.54) is 25.0 Å². The molecule has 0 aromatic carbocycles. The van der Waals surface area contributed by atoms with E-state index in [0.29, 0.717) is 5.92 Å². The highest BCUT2D eigenvalue weighted by Gasteiger charge is 2.54. The van der Waals surface area contributed by atoms with Crippen molar-refractivity contribution < 1.29 is 4.42 Å². The Bertz CT molecular complexity index is 403. The monoisotopic (exact) mass is 262 g/mol. The first-order valence-corrected chi connectivity index (χ1v) is 7.91. The fourth-order valence-electron chi connectivity index (χ4n) is 3.59. The standard InChI is InChI=1S/C16H26N2O/c1-11(2)9-17-8-4-7-15-18-10-14(19-15)16-12-5-3-6-13(12)16/h10-13,16-17H,3-9H2,1-2H3. The molecule has 0 aliphatic heterocycles. The average molecular weight is 262 g/mol. The predicted molar refractivity (Wildman–Crippen MR) is 76.1 cm³/mol. The lowest BCUT2D eigenvalue weighted by Gasteiger charge is -2.05. The van der Waals surface area contributed by atoms with Crippen molar-refractivity contribution in [3.63, 3.8) is 0 Å². The van der Waals surface area contributed by atoms with Gasteiger partial charge < -0.3 is 9.73 Å². The van der Waals surface area contributed by atoms with Gasteiger partial charge >= 0.3 is 0 Å². The van der Waals surface area contributed by atoms with E-state index in [1.54, 1.807) is 0 Å². The van der Waals surface area contributed by atoms with Crippen molar-refractivity contribution in [3.8, 4) is 0 Å². The molecule has 1 N–H and O–H groups in total. The van der Waals surface area contributed by atoms with Crippen LogP contribution in [-0.2, 0) is 6.42 Å². The van der Waals surface area contributed by atoms with Crippen molar-refractivity contribution in [1.82, 2.24) is 10.3 Å². The normalized spacial score (nSPS) is 28.9. The molecular formula is C16H26N2O. The van der Waals surface area contributed by atoms with Crippen LogP contribution < -0.4 is 5.32 Å². The third kappa shape index (κ3) is 3.02. The molecule has 2 aliphatic rings. The van der Waals surface area contributed by atoms with Crippen molar-refractivity contribution in [2.75, 3.05) is 13.1 Å². The number of hydrogen-bond donors (Lipinski definition) is 1. The summed E-state index contributed by atoms with van der Waals surface area (Å²) in [4.78, 5) is 4.44. The molecule has 0 amide bonds. The van der Waals surface area contributed by atoms with Crippen molar-refractivity contribution in [3.05, 3.63) is 17.8 Å². The number of nitrogens with zero attached hydrogens (tertiary/aromatic N) is 1. The van der Waals surface area contributed by atoms with Gasteiger partial charge in [-0.05, 0) is 50.1 Å². The lowest BCUT2D eigenvalue weighted by atomic mass is 10.1.